The van der Waals surface area contributed by atoms with Gasteiger partial charge in [0.1, 0.15) is 11.6 Å². The fourth-order valence-corrected chi connectivity index (χ4v) is 2.85. The average Bonchev–Trinajstić information content (AvgIpc) is 2.78. The number of aromatic hydroxyl groups is 1. The number of hydrogen-bond acceptors (Lipinski definition) is 3. The first kappa shape index (κ1) is 14.1. The Morgan fingerprint density at radius 3 is 2.67 bits per heavy atom. The SMILES string of the molecule is Cn1c(C(N)Cc2ccc(O)cc2)nc2cc(Br)ccc21. The highest BCUT2D eigenvalue weighted by molar-refractivity contribution is 9.10. The van der Waals surface area contributed by atoms with Crippen LogP contribution in [0.1, 0.15) is 17.4 Å². The lowest BCUT2D eigenvalue weighted by Gasteiger charge is -2.12. The quantitative estimate of drug-likeness (QED) is 0.765. The number of halogens is 1. The largest absolute Gasteiger partial charge is 0.508 e. The van der Waals surface area contributed by atoms with Crippen LogP contribution in [0.3, 0.4) is 0 Å². The third-order valence-electron chi connectivity index (χ3n) is 3.60. The van der Waals surface area contributed by atoms with Crippen LogP contribution >= 0.6 is 15.9 Å². The van der Waals surface area contributed by atoms with E-state index < -0.39 is 0 Å². The number of hydrogen-bond donors (Lipinski definition) is 2. The van der Waals surface area contributed by atoms with E-state index >= 15 is 0 Å². The van der Waals surface area contributed by atoms with Crippen molar-refractivity contribution in [3.63, 3.8) is 0 Å². The van der Waals surface area contributed by atoms with E-state index in [1.54, 1.807) is 12.1 Å². The van der Waals surface area contributed by atoms with E-state index in [-0.39, 0.29) is 11.8 Å². The zero-order chi connectivity index (χ0) is 15.0. The molecule has 0 amide bonds. The van der Waals surface area contributed by atoms with Gasteiger partial charge >= 0.3 is 0 Å². The van der Waals surface area contributed by atoms with Crippen molar-refractivity contribution in [3.8, 4) is 5.75 Å². The van der Waals surface area contributed by atoms with Gasteiger partial charge in [0.15, 0.2) is 0 Å². The van der Waals surface area contributed by atoms with Gasteiger partial charge in [0.2, 0.25) is 0 Å². The summed E-state index contributed by atoms with van der Waals surface area (Å²) in [6.07, 6.45) is 0.679. The number of benzene rings is 2. The molecule has 0 saturated carbocycles. The number of imidazole rings is 1. The zero-order valence-electron chi connectivity index (χ0n) is 11.6. The second kappa shape index (κ2) is 5.50. The van der Waals surface area contributed by atoms with E-state index in [1.165, 1.54) is 0 Å². The van der Waals surface area contributed by atoms with Gasteiger partial charge in [0.05, 0.1) is 17.1 Å². The van der Waals surface area contributed by atoms with E-state index in [0.29, 0.717) is 6.42 Å². The lowest BCUT2D eigenvalue weighted by Crippen LogP contribution is -2.17. The predicted molar refractivity (Wildman–Crippen MR) is 87.2 cm³/mol. The van der Waals surface area contributed by atoms with Gasteiger partial charge in [-0.05, 0) is 42.3 Å². The standard InChI is InChI=1S/C16H16BrN3O/c1-20-15-7-4-11(17)9-14(15)19-16(20)13(18)8-10-2-5-12(21)6-3-10/h2-7,9,13,21H,8,18H2,1H3. The molecule has 0 aliphatic rings. The molecule has 21 heavy (non-hydrogen) atoms. The highest BCUT2D eigenvalue weighted by atomic mass is 79.9. The van der Waals surface area contributed by atoms with Gasteiger partial charge in [-0.15, -0.1) is 0 Å². The second-order valence-corrected chi connectivity index (χ2v) is 6.05. The first-order chi connectivity index (χ1) is 10.0. The van der Waals surface area contributed by atoms with Gasteiger partial charge in [-0.1, -0.05) is 28.1 Å². The first-order valence-corrected chi connectivity index (χ1v) is 7.49. The molecule has 108 valence electrons. The summed E-state index contributed by atoms with van der Waals surface area (Å²) >= 11 is 3.46. The lowest BCUT2D eigenvalue weighted by atomic mass is 10.1. The minimum atomic E-state index is -0.189. The maximum absolute atomic E-state index is 9.32. The van der Waals surface area contributed by atoms with Crippen molar-refractivity contribution in [2.45, 2.75) is 12.5 Å². The number of fused-ring (bicyclic) bond motifs is 1. The Kier molecular flexibility index (Phi) is 3.69. The molecule has 3 aromatic rings. The summed E-state index contributed by atoms with van der Waals surface area (Å²) in [5, 5.41) is 9.32. The van der Waals surface area contributed by atoms with Gasteiger partial charge in [0.25, 0.3) is 0 Å². The van der Waals surface area contributed by atoms with Crippen LogP contribution in [0.15, 0.2) is 46.9 Å². The Labute approximate surface area is 131 Å². The number of rotatable bonds is 3. The molecule has 2 aromatic carbocycles. The summed E-state index contributed by atoms with van der Waals surface area (Å²) in [6.45, 7) is 0. The van der Waals surface area contributed by atoms with Crippen LogP contribution in [0.25, 0.3) is 11.0 Å². The van der Waals surface area contributed by atoms with Crippen LogP contribution in [-0.2, 0) is 13.5 Å². The number of aromatic nitrogens is 2. The molecule has 0 bridgehead atoms. The summed E-state index contributed by atoms with van der Waals surface area (Å²) < 4.78 is 3.04. The van der Waals surface area contributed by atoms with Crippen molar-refractivity contribution in [1.29, 1.82) is 0 Å². The minimum Gasteiger partial charge on any atom is -0.508 e. The monoisotopic (exact) mass is 345 g/mol. The third-order valence-corrected chi connectivity index (χ3v) is 4.09. The van der Waals surface area contributed by atoms with Gasteiger partial charge in [-0.2, -0.15) is 0 Å². The maximum Gasteiger partial charge on any atom is 0.126 e. The summed E-state index contributed by atoms with van der Waals surface area (Å²) in [7, 11) is 1.98. The summed E-state index contributed by atoms with van der Waals surface area (Å²) in [5.74, 6) is 1.12. The Bertz CT molecular complexity index is 780. The van der Waals surface area contributed by atoms with E-state index in [9.17, 15) is 5.11 Å². The van der Waals surface area contributed by atoms with Crippen molar-refractivity contribution < 1.29 is 5.11 Å². The summed E-state index contributed by atoms with van der Waals surface area (Å²) in [5.41, 5.74) is 9.39. The summed E-state index contributed by atoms with van der Waals surface area (Å²) in [6, 6.07) is 12.9. The molecule has 1 unspecified atom stereocenters. The highest BCUT2D eigenvalue weighted by Gasteiger charge is 2.15. The number of phenolic OH excluding ortho intramolecular Hbond substituents is 1. The Hall–Kier alpha value is -1.85. The van der Waals surface area contributed by atoms with E-state index in [0.717, 1.165) is 26.9 Å². The van der Waals surface area contributed by atoms with Crippen molar-refractivity contribution in [1.82, 2.24) is 9.55 Å². The molecule has 0 aliphatic carbocycles. The molecule has 5 heteroatoms. The molecule has 1 aromatic heterocycles. The molecular weight excluding hydrogens is 330 g/mol. The molecule has 0 saturated heterocycles. The first-order valence-electron chi connectivity index (χ1n) is 6.70. The number of nitrogens with two attached hydrogens (primary N) is 1. The van der Waals surface area contributed by atoms with Crippen LogP contribution in [0.4, 0.5) is 0 Å². The van der Waals surface area contributed by atoms with Crippen LogP contribution in [0.5, 0.6) is 5.75 Å². The van der Waals surface area contributed by atoms with Crippen LogP contribution < -0.4 is 5.73 Å². The summed E-state index contributed by atoms with van der Waals surface area (Å²) in [4.78, 5) is 4.65. The van der Waals surface area contributed by atoms with Crippen LogP contribution in [-0.4, -0.2) is 14.7 Å². The molecule has 0 spiro atoms. The van der Waals surface area contributed by atoms with Crippen LogP contribution in [0, 0.1) is 0 Å². The second-order valence-electron chi connectivity index (χ2n) is 5.14. The topological polar surface area (TPSA) is 64.1 Å². The van der Waals surface area contributed by atoms with E-state index in [4.69, 9.17) is 5.73 Å². The highest BCUT2D eigenvalue weighted by Crippen LogP contribution is 2.24. The Morgan fingerprint density at radius 1 is 1.24 bits per heavy atom. The third kappa shape index (κ3) is 2.80. The van der Waals surface area contributed by atoms with Crippen molar-refractivity contribution in [2.75, 3.05) is 0 Å². The van der Waals surface area contributed by atoms with Crippen molar-refractivity contribution in [2.24, 2.45) is 12.8 Å². The molecule has 3 N–H and O–H groups in total. The van der Waals surface area contributed by atoms with Gasteiger partial charge < -0.3 is 15.4 Å². The molecule has 4 nitrogen and oxygen atoms in total. The van der Waals surface area contributed by atoms with E-state index in [2.05, 4.69) is 20.9 Å². The average molecular weight is 346 g/mol. The maximum atomic E-state index is 9.32. The molecule has 0 aliphatic heterocycles. The zero-order valence-corrected chi connectivity index (χ0v) is 13.2. The van der Waals surface area contributed by atoms with Crippen LogP contribution in [0.2, 0.25) is 0 Å². The predicted octanol–water partition coefficient (Wildman–Crippen LogP) is 3.28. The van der Waals surface area contributed by atoms with Gasteiger partial charge in [0, 0.05) is 11.5 Å². The number of nitrogens with zero attached hydrogens (tertiary/aromatic N) is 2. The normalized spacial score (nSPS) is 12.7. The van der Waals surface area contributed by atoms with Crippen molar-refractivity contribution >= 4 is 27.0 Å². The Morgan fingerprint density at radius 2 is 1.95 bits per heavy atom. The fourth-order valence-electron chi connectivity index (χ4n) is 2.50. The molecular formula is C16H16BrN3O. The Balaban J connectivity index is 1.92. The molecule has 0 fully saturated rings. The number of aryl methyl sites for hydroxylation is 1. The molecule has 0 radical (unpaired) electrons. The lowest BCUT2D eigenvalue weighted by molar-refractivity contribution is 0.475. The van der Waals surface area contributed by atoms with Gasteiger partial charge in [-0.3, -0.25) is 0 Å². The number of phenols is 1. The molecule has 1 atom stereocenters. The smallest absolute Gasteiger partial charge is 0.126 e. The molecule has 3 rings (SSSR count). The van der Waals surface area contributed by atoms with E-state index in [1.807, 2.05) is 41.9 Å². The minimum absolute atomic E-state index is 0.189. The van der Waals surface area contributed by atoms with Gasteiger partial charge in [-0.25, -0.2) is 4.98 Å². The molecule has 1 heterocycles. The fraction of sp³-hybridized carbons (Fsp3) is 0.188. The van der Waals surface area contributed by atoms with Crippen molar-refractivity contribution in [3.05, 3.63) is 58.3 Å².